The molecule has 1 aliphatic rings. The lowest BCUT2D eigenvalue weighted by Crippen LogP contribution is -2.31. The number of aromatic nitrogens is 5. The van der Waals surface area contributed by atoms with Crippen LogP contribution in [0.3, 0.4) is 0 Å². The lowest BCUT2D eigenvalue weighted by atomic mass is 9.97. The average Bonchev–Trinajstić information content (AvgIpc) is 3.15. The SMILES string of the molecule is CC(C)(CO)n1nc(C2=Cc3nc(N)oc3CC2)c2c(N)ncnc21. The Labute approximate surface area is 143 Å². The number of hydrogen-bond acceptors (Lipinski definition) is 8. The molecule has 0 radical (unpaired) electrons. The average molecular weight is 341 g/mol. The Kier molecular flexibility index (Phi) is 3.29. The molecule has 4 rings (SSSR count). The van der Waals surface area contributed by atoms with Crippen LogP contribution >= 0.6 is 0 Å². The van der Waals surface area contributed by atoms with E-state index in [0.29, 0.717) is 41.1 Å². The highest BCUT2D eigenvalue weighted by atomic mass is 16.4. The molecule has 0 bridgehead atoms. The van der Waals surface area contributed by atoms with Crippen LogP contribution in [0.4, 0.5) is 11.8 Å². The molecule has 0 saturated heterocycles. The van der Waals surface area contributed by atoms with Crippen molar-refractivity contribution >= 4 is 34.5 Å². The molecule has 0 fully saturated rings. The number of nitrogens with zero attached hydrogens (tertiary/aromatic N) is 5. The van der Waals surface area contributed by atoms with Crippen LogP contribution in [0.15, 0.2) is 10.7 Å². The molecule has 3 aromatic heterocycles. The molecule has 1 aliphatic carbocycles. The summed E-state index contributed by atoms with van der Waals surface area (Å²) >= 11 is 0. The van der Waals surface area contributed by atoms with E-state index in [0.717, 1.165) is 11.3 Å². The molecule has 0 saturated carbocycles. The maximum atomic E-state index is 9.74. The molecule has 0 aliphatic heterocycles. The van der Waals surface area contributed by atoms with E-state index < -0.39 is 5.54 Å². The van der Waals surface area contributed by atoms with Crippen molar-refractivity contribution in [3.05, 3.63) is 23.5 Å². The minimum atomic E-state index is -0.629. The fraction of sp³-hybridized carbons (Fsp3) is 0.375. The first kappa shape index (κ1) is 15.6. The fourth-order valence-corrected chi connectivity index (χ4v) is 3.03. The first-order chi connectivity index (χ1) is 11.9. The van der Waals surface area contributed by atoms with Gasteiger partial charge in [-0.3, -0.25) is 0 Å². The number of hydrogen-bond donors (Lipinski definition) is 3. The van der Waals surface area contributed by atoms with Gasteiger partial charge in [0.2, 0.25) is 0 Å². The summed E-state index contributed by atoms with van der Waals surface area (Å²) < 4.78 is 7.09. The molecule has 25 heavy (non-hydrogen) atoms. The number of oxazole rings is 1. The Morgan fingerprint density at radius 1 is 1.28 bits per heavy atom. The van der Waals surface area contributed by atoms with Crippen molar-refractivity contribution in [1.29, 1.82) is 0 Å². The summed E-state index contributed by atoms with van der Waals surface area (Å²) in [5.41, 5.74) is 14.1. The second-order valence-corrected chi connectivity index (χ2v) is 6.72. The zero-order valence-electron chi connectivity index (χ0n) is 14.0. The number of allylic oxidation sites excluding steroid dienone is 1. The number of rotatable bonds is 3. The van der Waals surface area contributed by atoms with Gasteiger partial charge in [0.05, 0.1) is 17.5 Å². The van der Waals surface area contributed by atoms with Crippen molar-refractivity contribution in [2.45, 2.75) is 32.2 Å². The number of aliphatic hydroxyl groups excluding tert-OH is 1. The Hall–Kier alpha value is -2.94. The lowest BCUT2D eigenvalue weighted by molar-refractivity contribution is 0.155. The smallest absolute Gasteiger partial charge is 0.292 e. The number of fused-ring (bicyclic) bond motifs is 2. The van der Waals surface area contributed by atoms with Crippen molar-refractivity contribution in [3.63, 3.8) is 0 Å². The molecular formula is C16H19N7O2. The molecule has 0 spiro atoms. The van der Waals surface area contributed by atoms with E-state index in [1.165, 1.54) is 6.33 Å². The van der Waals surface area contributed by atoms with E-state index >= 15 is 0 Å². The third kappa shape index (κ3) is 2.35. The van der Waals surface area contributed by atoms with Gasteiger partial charge in [0.1, 0.15) is 29.3 Å². The van der Waals surface area contributed by atoms with Crippen LogP contribution in [0.2, 0.25) is 0 Å². The number of nitrogens with two attached hydrogens (primary N) is 2. The Bertz CT molecular complexity index is 999. The molecule has 130 valence electrons. The van der Waals surface area contributed by atoms with E-state index in [1.54, 1.807) is 4.68 Å². The van der Waals surface area contributed by atoms with Gasteiger partial charge in [0.15, 0.2) is 5.65 Å². The van der Waals surface area contributed by atoms with Crippen LogP contribution in [0, 0.1) is 0 Å². The zero-order valence-corrected chi connectivity index (χ0v) is 14.0. The predicted molar refractivity (Wildman–Crippen MR) is 93.3 cm³/mol. The normalized spacial score (nSPS) is 14.6. The van der Waals surface area contributed by atoms with Gasteiger partial charge in [-0.2, -0.15) is 10.1 Å². The number of anilines is 2. The van der Waals surface area contributed by atoms with Crippen molar-refractivity contribution in [3.8, 4) is 0 Å². The quantitative estimate of drug-likeness (QED) is 0.645. The summed E-state index contributed by atoms with van der Waals surface area (Å²) in [7, 11) is 0. The highest BCUT2D eigenvalue weighted by molar-refractivity contribution is 5.99. The number of aliphatic hydroxyl groups is 1. The molecule has 0 atom stereocenters. The van der Waals surface area contributed by atoms with E-state index in [2.05, 4.69) is 15.0 Å². The Morgan fingerprint density at radius 3 is 2.84 bits per heavy atom. The van der Waals surface area contributed by atoms with Crippen molar-refractivity contribution < 1.29 is 9.52 Å². The highest BCUT2D eigenvalue weighted by Crippen LogP contribution is 2.36. The van der Waals surface area contributed by atoms with E-state index in [9.17, 15) is 5.11 Å². The van der Waals surface area contributed by atoms with Crippen LogP contribution in [0.1, 0.15) is 37.4 Å². The van der Waals surface area contributed by atoms with Crippen molar-refractivity contribution in [2.75, 3.05) is 18.1 Å². The third-order valence-corrected chi connectivity index (χ3v) is 4.43. The second-order valence-electron chi connectivity index (χ2n) is 6.72. The Balaban J connectivity index is 1.96. The molecule has 5 N–H and O–H groups in total. The zero-order chi connectivity index (χ0) is 17.8. The maximum absolute atomic E-state index is 9.74. The van der Waals surface area contributed by atoms with E-state index in [-0.39, 0.29) is 12.6 Å². The van der Waals surface area contributed by atoms with Gasteiger partial charge in [-0.15, -0.1) is 0 Å². The second kappa shape index (κ2) is 5.28. The van der Waals surface area contributed by atoms with Gasteiger partial charge in [0, 0.05) is 6.42 Å². The topological polar surface area (TPSA) is 142 Å². The van der Waals surface area contributed by atoms with Crippen LogP contribution in [0.25, 0.3) is 22.7 Å². The lowest BCUT2D eigenvalue weighted by Gasteiger charge is -2.22. The molecule has 3 aromatic rings. The monoisotopic (exact) mass is 341 g/mol. The maximum Gasteiger partial charge on any atom is 0.292 e. The van der Waals surface area contributed by atoms with E-state index in [1.807, 2.05) is 19.9 Å². The predicted octanol–water partition coefficient (Wildman–Crippen LogP) is 1.19. The first-order valence-corrected chi connectivity index (χ1v) is 7.97. The minimum Gasteiger partial charge on any atom is -0.428 e. The van der Waals surface area contributed by atoms with Crippen molar-refractivity contribution in [2.24, 2.45) is 0 Å². The van der Waals surface area contributed by atoms with Gasteiger partial charge >= 0.3 is 0 Å². The fourth-order valence-electron chi connectivity index (χ4n) is 3.03. The van der Waals surface area contributed by atoms with Gasteiger partial charge < -0.3 is 21.0 Å². The first-order valence-electron chi connectivity index (χ1n) is 7.97. The summed E-state index contributed by atoms with van der Waals surface area (Å²) in [6.07, 6.45) is 4.69. The molecule has 3 heterocycles. The summed E-state index contributed by atoms with van der Waals surface area (Å²) in [5.74, 6) is 1.12. The van der Waals surface area contributed by atoms with Crippen LogP contribution in [-0.4, -0.2) is 36.4 Å². The molecule has 9 nitrogen and oxygen atoms in total. The van der Waals surface area contributed by atoms with Gasteiger partial charge in [-0.05, 0) is 31.9 Å². The summed E-state index contributed by atoms with van der Waals surface area (Å²) in [4.78, 5) is 12.6. The number of nitrogen functional groups attached to an aromatic ring is 2. The van der Waals surface area contributed by atoms with Gasteiger partial charge in [0.25, 0.3) is 6.01 Å². The third-order valence-electron chi connectivity index (χ3n) is 4.43. The largest absolute Gasteiger partial charge is 0.428 e. The molecular weight excluding hydrogens is 322 g/mol. The molecule has 9 heteroatoms. The summed E-state index contributed by atoms with van der Waals surface area (Å²) in [5, 5.41) is 15.1. The summed E-state index contributed by atoms with van der Waals surface area (Å²) in [6, 6.07) is 0.155. The highest BCUT2D eigenvalue weighted by Gasteiger charge is 2.29. The Morgan fingerprint density at radius 2 is 2.08 bits per heavy atom. The van der Waals surface area contributed by atoms with Gasteiger partial charge in [-0.1, -0.05) is 0 Å². The van der Waals surface area contributed by atoms with Crippen LogP contribution < -0.4 is 11.5 Å². The van der Waals surface area contributed by atoms with Crippen LogP contribution in [-0.2, 0) is 12.0 Å². The molecule has 0 aromatic carbocycles. The number of aryl methyl sites for hydroxylation is 1. The summed E-state index contributed by atoms with van der Waals surface area (Å²) in [6.45, 7) is 3.68. The van der Waals surface area contributed by atoms with E-state index in [4.69, 9.17) is 21.0 Å². The van der Waals surface area contributed by atoms with Crippen molar-refractivity contribution in [1.82, 2.24) is 24.7 Å². The molecule has 0 amide bonds. The standard InChI is InChI=1S/C16H19N7O2/c1-16(2,6-24)23-14-11(13(17)19-7-20-14)12(22-23)8-3-4-10-9(5-8)21-15(18)25-10/h5,7,24H,3-4,6H2,1-2H3,(H2,18,21)(H2,17,19,20). The minimum absolute atomic E-state index is 0.0872. The van der Waals surface area contributed by atoms with Crippen LogP contribution in [0.5, 0.6) is 0 Å². The van der Waals surface area contributed by atoms with Gasteiger partial charge in [-0.25, -0.2) is 14.6 Å². The molecule has 0 unspecified atom stereocenters.